The van der Waals surface area contributed by atoms with Crippen LogP contribution in [-0.2, 0) is 10.0 Å². The van der Waals surface area contributed by atoms with Crippen LogP contribution in [0.5, 0.6) is 0 Å². The first-order chi connectivity index (χ1) is 9.32. The summed E-state index contributed by atoms with van der Waals surface area (Å²) in [6.45, 7) is 0.991. The average molecular weight is 307 g/mol. The molecule has 112 valence electrons. The molecule has 0 aromatic carbocycles. The van der Waals surface area contributed by atoms with Crippen molar-refractivity contribution >= 4 is 21.7 Å². The van der Waals surface area contributed by atoms with E-state index in [4.69, 9.17) is 5.84 Å². The first-order valence-corrected chi connectivity index (χ1v) is 7.70. The lowest BCUT2D eigenvalue weighted by Crippen LogP contribution is -2.48. The van der Waals surface area contributed by atoms with E-state index in [1.807, 2.05) is 5.43 Å². The minimum absolute atomic E-state index is 0.0486. The van der Waals surface area contributed by atoms with Gasteiger partial charge in [-0.15, -0.1) is 0 Å². The van der Waals surface area contributed by atoms with E-state index < -0.39 is 21.7 Å². The van der Waals surface area contributed by atoms with Crippen molar-refractivity contribution in [3.05, 3.63) is 17.7 Å². The molecule has 0 atom stereocenters. The Hall–Kier alpha value is -1.52. The van der Waals surface area contributed by atoms with Crippen LogP contribution >= 0.6 is 0 Å². The number of aromatic nitrogens is 1. The van der Waals surface area contributed by atoms with Crippen LogP contribution in [0.3, 0.4) is 0 Å². The van der Waals surface area contributed by atoms with E-state index in [9.17, 15) is 17.2 Å². The maximum absolute atomic E-state index is 13.7. The molecule has 1 fully saturated rings. The van der Waals surface area contributed by atoms with Gasteiger partial charge in [0.1, 0.15) is 0 Å². The van der Waals surface area contributed by atoms with Gasteiger partial charge in [0.05, 0.1) is 6.26 Å². The van der Waals surface area contributed by atoms with Gasteiger partial charge in [0.25, 0.3) is 0 Å². The largest absolute Gasteiger partial charge is 0.351 e. The maximum Gasteiger partial charge on any atom is 0.211 e. The van der Waals surface area contributed by atoms with E-state index in [1.165, 1.54) is 4.31 Å². The Bertz CT molecular complexity index is 602. The minimum Gasteiger partial charge on any atom is -0.351 e. The molecule has 1 aliphatic rings. The van der Waals surface area contributed by atoms with Crippen molar-refractivity contribution < 1.29 is 17.2 Å². The third-order valence-electron chi connectivity index (χ3n) is 3.05. The zero-order chi connectivity index (χ0) is 14.9. The van der Waals surface area contributed by atoms with Gasteiger partial charge >= 0.3 is 0 Å². The molecule has 0 aliphatic carbocycles. The highest BCUT2D eigenvalue weighted by atomic mass is 32.2. The predicted molar refractivity (Wildman–Crippen MR) is 70.6 cm³/mol. The Morgan fingerprint density at radius 2 is 1.85 bits per heavy atom. The second-order valence-corrected chi connectivity index (χ2v) is 6.40. The fourth-order valence-corrected chi connectivity index (χ4v) is 2.84. The summed E-state index contributed by atoms with van der Waals surface area (Å²) >= 11 is 0. The third kappa shape index (κ3) is 2.97. The SMILES string of the molecule is CS(=O)(=O)N1CCN(c2nc(NN)c(F)cc2F)CC1. The van der Waals surface area contributed by atoms with Crippen LogP contribution < -0.4 is 16.2 Å². The number of hydrogen-bond donors (Lipinski definition) is 2. The van der Waals surface area contributed by atoms with Crippen LogP contribution in [0, 0.1) is 11.6 Å². The molecule has 1 aromatic heterocycles. The van der Waals surface area contributed by atoms with Crippen molar-refractivity contribution in [2.75, 3.05) is 42.8 Å². The van der Waals surface area contributed by atoms with Gasteiger partial charge in [0.2, 0.25) is 10.0 Å². The Morgan fingerprint density at radius 1 is 1.25 bits per heavy atom. The number of piperazine rings is 1. The number of rotatable bonds is 3. The second-order valence-electron chi connectivity index (χ2n) is 4.42. The minimum atomic E-state index is -3.26. The van der Waals surface area contributed by atoms with Gasteiger partial charge in [-0.25, -0.2) is 28.0 Å². The Balaban J connectivity index is 2.19. The number of hydrogen-bond acceptors (Lipinski definition) is 6. The molecule has 0 unspecified atom stereocenters. The third-order valence-corrected chi connectivity index (χ3v) is 4.36. The summed E-state index contributed by atoms with van der Waals surface area (Å²) < 4.78 is 51.1. The van der Waals surface area contributed by atoms with E-state index in [1.54, 1.807) is 4.90 Å². The first-order valence-electron chi connectivity index (χ1n) is 5.85. The summed E-state index contributed by atoms with van der Waals surface area (Å²) in [5.41, 5.74) is 2.05. The van der Waals surface area contributed by atoms with E-state index >= 15 is 0 Å². The molecular formula is C10H15F2N5O2S. The normalized spacial score (nSPS) is 17.3. The van der Waals surface area contributed by atoms with Crippen molar-refractivity contribution in [3.8, 4) is 0 Å². The number of halogens is 2. The van der Waals surface area contributed by atoms with Gasteiger partial charge in [-0.05, 0) is 0 Å². The fourth-order valence-electron chi connectivity index (χ4n) is 2.01. The molecular weight excluding hydrogens is 292 g/mol. The summed E-state index contributed by atoms with van der Waals surface area (Å²) in [7, 11) is -3.26. The number of nitrogen functional groups attached to an aromatic ring is 1. The van der Waals surface area contributed by atoms with E-state index in [0.717, 1.165) is 6.26 Å². The summed E-state index contributed by atoms with van der Waals surface area (Å²) in [6, 6.07) is 0.695. The highest BCUT2D eigenvalue weighted by molar-refractivity contribution is 7.88. The van der Waals surface area contributed by atoms with Crippen LogP contribution in [0.25, 0.3) is 0 Å². The Morgan fingerprint density at radius 3 is 2.35 bits per heavy atom. The van der Waals surface area contributed by atoms with Crippen molar-refractivity contribution in [3.63, 3.8) is 0 Å². The van der Waals surface area contributed by atoms with Crippen LogP contribution in [-0.4, -0.2) is 50.1 Å². The molecule has 1 saturated heterocycles. The van der Waals surface area contributed by atoms with E-state index in [2.05, 4.69) is 4.98 Å². The lowest BCUT2D eigenvalue weighted by molar-refractivity contribution is 0.384. The summed E-state index contributed by atoms with van der Waals surface area (Å²) in [5.74, 6) is 3.09. The maximum atomic E-state index is 13.7. The quantitative estimate of drug-likeness (QED) is 0.590. The van der Waals surface area contributed by atoms with Crippen molar-refractivity contribution in [1.29, 1.82) is 0 Å². The molecule has 1 aliphatic heterocycles. The zero-order valence-electron chi connectivity index (χ0n) is 10.8. The zero-order valence-corrected chi connectivity index (χ0v) is 11.6. The molecule has 0 bridgehead atoms. The molecule has 1 aromatic rings. The number of nitrogens with one attached hydrogen (secondary N) is 1. The predicted octanol–water partition coefficient (Wildman–Crippen LogP) is -0.273. The molecule has 0 radical (unpaired) electrons. The van der Waals surface area contributed by atoms with Crippen molar-refractivity contribution in [2.24, 2.45) is 5.84 Å². The lowest BCUT2D eigenvalue weighted by Gasteiger charge is -2.34. The highest BCUT2D eigenvalue weighted by Crippen LogP contribution is 2.23. The lowest BCUT2D eigenvalue weighted by atomic mass is 10.3. The monoisotopic (exact) mass is 307 g/mol. The summed E-state index contributed by atoms with van der Waals surface area (Å²) in [4.78, 5) is 5.33. The summed E-state index contributed by atoms with van der Waals surface area (Å²) in [6.07, 6.45) is 1.12. The van der Waals surface area contributed by atoms with Crippen molar-refractivity contribution in [1.82, 2.24) is 9.29 Å². The molecule has 10 heteroatoms. The van der Waals surface area contributed by atoms with Gasteiger partial charge in [-0.3, -0.25) is 0 Å². The second kappa shape index (κ2) is 5.46. The highest BCUT2D eigenvalue weighted by Gasteiger charge is 2.26. The number of anilines is 2. The van der Waals surface area contributed by atoms with Gasteiger partial charge < -0.3 is 10.3 Å². The van der Waals surface area contributed by atoms with Crippen LogP contribution in [0.2, 0.25) is 0 Å². The van der Waals surface area contributed by atoms with Gasteiger partial charge in [0.15, 0.2) is 23.3 Å². The molecule has 7 nitrogen and oxygen atoms in total. The molecule has 0 saturated carbocycles. The number of nitrogens with two attached hydrogens (primary N) is 1. The van der Waals surface area contributed by atoms with Crippen molar-refractivity contribution in [2.45, 2.75) is 0 Å². The van der Waals surface area contributed by atoms with E-state index in [-0.39, 0.29) is 37.8 Å². The van der Waals surface area contributed by atoms with Crippen LogP contribution in [0.15, 0.2) is 6.07 Å². The van der Waals surface area contributed by atoms with Gasteiger partial charge in [-0.1, -0.05) is 0 Å². The van der Waals surface area contributed by atoms with Gasteiger partial charge in [0, 0.05) is 32.2 Å². The topological polar surface area (TPSA) is 91.6 Å². The number of pyridine rings is 1. The number of nitrogens with zero attached hydrogens (tertiary/aromatic N) is 3. The summed E-state index contributed by atoms with van der Waals surface area (Å²) in [5, 5.41) is 0. The number of sulfonamides is 1. The number of hydrazine groups is 1. The molecule has 3 N–H and O–H groups in total. The van der Waals surface area contributed by atoms with E-state index in [0.29, 0.717) is 6.07 Å². The Kier molecular flexibility index (Phi) is 4.06. The van der Waals surface area contributed by atoms with Crippen LogP contribution in [0.1, 0.15) is 0 Å². The Labute approximate surface area is 115 Å². The molecule has 20 heavy (non-hydrogen) atoms. The molecule has 0 amide bonds. The van der Waals surface area contributed by atoms with Gasteiger partial charge in [-0.2, -0.15) is 4.31 Å². The smallest absolute Gasteiger partial charge is 0.211 e. The fraction of sp³-hybridized carbons (Fsp3) is 0.500. The van der Waals surface area contributed by atoms with Crippen LogP contribution in [0.4, 0.5) is 20.4 Å². The molecule has 2 heterocycles. The molecule has 2 rings (SSSR count). The average Bonchev–Trinajstić information content (AvgIpc) is 2.38. The molecule has 0 spiro atoms. The standard InChI is InChI=1S/C10H15F2N5O2S/c1-20(18,19)17-4-2-16(3-5-17)10-8(12)6-7(11)9(14-10)15-13/h6H,2-5,13H2,1H3,(H,14,15). The first kappa shape index (κ1) is 14.9.